The molecule has 1 aromatic heterocycles. The molecule has 7 rings (SSSR count). The maximum atomic E-state index is 15.7. The van der Waals surface area contributed by atoms with Crippen molar-refractivity contribution in [2.24, 2.45) is 0 Å². The summed E-state index contributed by atoms with van der Waals surface area (Å²) in [5.41, 5.74) is 4.37. The molecule has 0 fully saturated rings. The maximum Gasteiger partial charge on any atom is 0.240 e. The van der Waals surface area contributed by atoms with Crippen LogP contribution in [0.5, 0.6) is 0 Å². The average molecular weight is 601 g/mol. The van der Waals surface area contributed by atoms with Crippen molar-refractivity contribution in [2.45, 2.75) is 0 Å². The zero-order chi connectivity index (χ0) is 27.1. The van der Waals surface area contributed by atoms with E-state index >= 15 is 4.57 Å². The lowest BCUT2D eigenvalue weighted by atomic mass is 10.0. The molecule has 1 unspecified atom stereocenters. The van der Waals surface area contributed by atoms with E-state index in [1.54, 1.807) is 0 Å². The SMILES string of the molecule is O=P1(c2ccccc2)c2ccccc2-c2cc(Br)ccc2N1c1nc(-c2ccccc2)nc(-c2ccccc2)n1. The summed E-state index contributed by atoms with van der Waals surface area (Å²) in [7, 11) is -3.49. The Morgan fingerprint density at radius 2 is 1.12 bits per heavy atom. The highest BCUT2D eigenvalue weighted by Crippen LogP contribution is 2.60. The zero-order valence-electron chi connectivity index (χ0n) is 21.2. The Hall–Kier alpha value is -4.38. The molecule has 2 heterocycles. The Morgan fingerprint density at radius 1 is 0.575 bits per heavy atom. The minimum atomic E-state index is -3.49. The molecule has 1 aliphatic rings. The van der Waals surface area contributed by atoms with Crippen molar-refractivity contribution >= 4 is 45.5 Å². The van der Waals surface area contributed by atoms with Crippen LogP contribution in [0.4, 0.5) is 11.6 Å². The fourth-order valence-electron chi connectivity index (χ4n) is 5.14. The van der Waals surface area contributed by atoms with Gasteiger partial charge in [-0.15, -0.1) is 0 Å². The van der Waals surface area contributed by atoms with Gasteiger partial charge in [-0.05, 0) is 42.0 Å². The number of hydrogen-bond donors (Lipinski definition) is 0. The van der Waals surface area contributed by atoms with Crippen molar-refractivity contribution in [1.29, 1.82) is 0 Å². The van der Waals surface area contributed by atoms with Gasteiger partial charge in [-0.3, -0.25) is 9.24 Å². The van der Waals surface area contributed by atoms with Crippen molar-refractivity contribution in [3.05, 3.63) is 138 Å². The summed E-state index contributed by atoms with van der Waals surface area (Å²) in [4.78, 5) is 14.8. The van der Waals surface area contributed by atoms with Crippen molar-refractivity contribution in [1.82, 2.24) is 15.0 Å². The third-order valence-corrected chi connectivity index (χ3v) is 10.5. The van der Waals surface area contributed by atoms with Crippen LogP contribution in [0, 0.1) is 0 Å². The van der Waals surface area contributed by atoms with E-state index in [0.717, 1.165) is 37.7 Å². The van der Waals surface area contributed by atoms with Crippen LogP contribution >= 0.6 is 23.2 Å². The summed E-state index contributed by atoms with van der Waals surface area (Å²) in [6, 6.07) is 43.2. The summed E-state index contributed by atoms with van der Waals surface area (Å²) in [6.07, 6.45) is 0. The summed E-state index contributed by atoms with van der Waals surface area (Å²) in [5.74, 6) is 1.36. The molecular formula is C33H22BrN4OP. The van der Waals surface area contributed by atoms with Gasteiger partial charge in [0.1, 0.15) is 0 Å². The number of benzene rings is 5. The molecule has 1 aliphatic heterocycles. The van der Waals surface area contributed by atoms with Crippen LogP contribution in [0.25, 0.3) is 33.9 Å². The number of rotatable bonds is 4. The van der Waals surface area contributed by atoms with Crippen molar-refractivity contribution in [3.8, 4) is 33.9 Å². The van der Waals surface area contributed by atoms with Crippen LogP contribution in [-0.2, 0) is 4.57 Å². The summed E-state index contributed by atoms with van der Waals surface area (Å²) >= 11 is 3.65. The van der Waals surface area contributed by atoms with Gasteiger partial charge in [0.2, 0.25) is 13.2 Å². The molecule has 0 radical (unpaired) electrons. The second-order valence-electron chi connectivity index (χ2n) is 9.42. The first-order valence-electron chi connectivity index (χ1n) is 12.9. The van der Waals surface area contributed by atoms with E-state index in [-0.39, 0.29) is 0 Å². The van der Waals surface area contributed by atoms with Crippen LogP contribution in [0.3, 0.4) is 0 Å². The third kappa shape index (κ3) is 4.08. The van der Waals surface area contributed by atoms with Gasteiger partial charge >= 0.3 is 0 Å². The predicted octanol–water partition coefficient (Wildman–Crippen LogP) is 8.02. The second kappa shape index (κ2) is 9.98. The van der Waals surface area contributed by atoms with Crippen molar-refractivity contribution in [2.75, 3.05) is 4.67 Å². The van der Waals surface area contributed by atoms with E-state index in [4.69, 9.17) is 15.0 Å². The van der Waals surface area contributed by atoms with Gasteiger partial charge in [-0.1, -0.05) is 113 Å². The highest BCUT2D eigenvalue weighted by molar-refractivity contribution is 9.10. The van der Waals surface area contributed by atoms with E-state index in [9.17, 15) is 0 Å². The lowest BCUT2D eigenvalue weighted by Gasteiger charge is -2.38. The summed E-state index contributed by atoms with van der Waals surface area (Å²) < 4.78 is 18.5. The van der Waals surface area contributed by atoms with Crippen molar-refractivity contribution < 1.29 is 4.57 Å². The normalized spacial score (nSPS) is 15.8. The Balaban J connectivity index is 1.57. The van der Waals surface area contributed by atoms with Gasteiger partial charge in [-0.25, -0.2) is 4.98 Å². The molecule has 1 atom stereocenters. The lowest BCUT2D eigenvalue weighted by molar-refractivity contribution is 0.586. The smallest absolute Gasteiger partial charge is 0.240 e. The van der Waals surface area contributed by atoms with E-state index in [1.807, 2.05) is 132 Å². The molecule has 7 heteroatoms. The quantitative estimate of drug-likeness (QED) is 0.192. The fraction of sp³-hybridized carbons (Fsp3) is 0. The van der Waals surface area contributed by atoms with Gasteiger partial charge in [-0.2, -0.15) is 9.97 Å². The largest absolute Gasteiger partial charge is 0.289 e. The highest BCUT2D eigenvalue weighted by Gasteiger charge is 2.44. The Kier molecular flexibility index (Phi) is 6.15. The van der Waals surface area contributed by atoms with E-state index in [0.29, 0.717) is 22.9 Å². The van der Waals surface area contributed by atoms with E-state index in [2.05, 4.69) is 22.0 Å². The minimum absolute atomic E-state index is 0.331. The van der Waals surface area contributed by atoms with Crippen LogP contribution in [-0.4, -0.2) is 15.0 Å². The minimum Gasteiger partial charge on any atom is -0.289 e. The first kappa shape index (κ1) is 24.6. The average Bonchev–Trinajstić information content (AvgIpc) is 3.02. The molecule has 0 aliphatic carbocycles. The van der Waals surface area contributed by atoms with Crippen molar-refractivity contribution in [3.63, 3.8) is 0 Å². The standard InChI is InChI=1S/C33H22BrN4OP/c34-25-20-21-29-28(22-25)27-18-10-11-19-30(27)40(39,26-16-8-3-9-17-26)38(29)33-36-31(23-12-4-1-5-13-23)35-32(37-33)24-14-6-2-7-15-24/h1-22H. The number of halogens is 1. The van der Waals surface area contributed by atoms with Gasteiger partial charge < -0.3 is 0 Å². The fourth-order valence-corrected chi connectivity index (χ4v) is 8.44. The molecule has 40 heavy (non-hydrogen) atoms. The molecule has 0 N–H and O–H groups in total. The molecule has 0 amide bonds. The Labute approximate surface area is 240 Å². The molecule has 0 saturated carbocycles. The lowest BCUT2D eigenvalue weighted by Crippen LogP contribution is -2.34. The summed E-state index contributed by atoms with van der Waals surface area (Å²) in [6.45, 7) is 0. The molecule has 5 aromatic carbocycles. The number of nitrogens with zero attached hydrogens (tertiary/aromatic N) is 4. The maximum absolute atomic E-state index is 15.7. The molecule has 192 valence electrons. The first-order chi connectivity index (χ1) is 19.6. The molecule has 5 nitrogen and oxygen atoms in total. The summed E-state index contributed by atoms with van der Waals surface area (Å²) in [5, 5.41) is 1.45. The number of fused-ring (bicyclic) bond motifs is 3. The van der Waals surface area contributed by atoms with E-state index < -0.39 is 7.29 Å². The van der Waals surface area contributed by atoms with Gasteiger partial charge in [0.05, 0.1) is 5.69 Å². The molecular weight excluding hydrogens is 579 g/mol. The topological polar surface area (TPSA) is 59.0 Å². The van der Waals surface area contributed by atoms with Gasteiger partial charge in [0.25, 0.3) is 0 Å². The van der Waals surface area contributed by atoms with E-state index in [1.165, 1.54) is 0 Å². The molecule has 6 aromatic rings. The van der Waals surface area contributed by atoms with Crippen LogP contribution in [0.15, 0.2) is 138 Å². The van der Waals surface area contributed by atoms with Gasteiger partial charge in [0.15, 0.2) is 11.6 Å². The van der Waals surface area contributed by atoms with Crippen LogP contribution in [0.2, 0.25) is 0 Å². The molecule has 0 saturated heterocycles. The monoisotopic (exact) mass is 600 g/mol. The van der Waals surface area contributed by atoms with Crippen LogP contribution < -0.4 is 15.3 Å². The zero-order valence-corrected chi connectivity index (χ0v) is 23.7. The second-order valence-corrected chi connectivity index (χ2v) is 12.9. The number of aromatic nitrogens is 3. The van der Waals surface area contributed by atoms with Gasteiger partial charge in [0, 0.05) is 31.8 Å². The first-order valence-corrected chi connectivity index (χ1v) is 15.3. The molecule has 0 spiro atoms. The highest BCUT2D eigenvalue weighted by atomic mass is 79.9. The number of anilines is 2. The Morgan fingerprint density at radius 3 is 1.75 bits per heavy atom. The molecule has 0 bridgehead atoms. The number of hydrogen-bond acceptors (Lipinski definition) is 4. The third-order valence-electron chi connectivity index (χ3n) is 6.97. The predicted molar refractivity (Wildman–Crippen MR) is 166 cm³/mol. The Bertz CT molecular complexity index is 1840. The van der Waals surface area contributed by atoms with Crippen LogP contribution in [0.1, 0.15) is 0 Å².